The van der Waals surface area contributed by atoms with Gasteiger partial charge in [0.05, 0.1) is 49.3 Å². The van der Waals surface area contributed by atoms with E-state index >= 15 is 0 Å². The summed E-state index contributed by atoms with van der Waals surface area (Å²) in [5, 5.41) is 33.2. The van der Waals surface area contributed by atoms with Gasteiger partial charge in [-0.2, -0.15) is 6.42 Å². The number of carbonyl (C=O) groups excluding carboxylic acids is 1. The minimum Gasteiger partial charge on any atom is -0.369 e. The molecule has 360 valence electrons. The Bertz CT molecular complexity index is 1290. The van der Waals surface area contributed by atoms with E-state index in [9.17, 15) is 4.79 Å². The van der Waals surface area contributed by atoms with E-state index in [4.69, 9.17) is 5.73 Å². The van der Waals surface area contributed by atoms with Crippen LogP contribution in [0.25, 0.3) is 0 Å². The van der Waals surface area contributed by atoms with Crippen LogP contribution in [0.2, 0.25) is 0 Å². The predicted octanol–water partition coefficient (Wildman–Crippen LogP) is 8.40. The Morgan fingerprint density at radius 2 is 0.677 bits per heavy atom. The molecule has 10 nitrogen and oxygen atoms in total. The van der Waals surface area contributed by atoms with Crippen LogP contribution in [0.4, 0.5) is 0 Å². The Balaban J connectivity index is 0.000000261. The second-order valence-corrected chi connectivity index (χ2v) is 22.0. The first-order chi connectivity index (χ1) is 30.0. The molecule has 9 fully saturated rings. The van der Waals surface area contributed by atoms with Gasteiger partial charge >= 0.3 is 17.1 Å². The smallest absolute Gasteiger partial charge is 0.369 e. The van der Waals surface area contributed by atoms with Crippen molar-refractivity contribution in [2.24, 2.45) is 59.0 Å². The van der Waals surface area contributed by atoms with E-state index in [1.54, 1.807) is 0 Å². The zero-order valence-corrected chi connectivity index (χ0v) is 40.2. The van der Waals surface area contributed by atoms with Crippen molar-refractivity contribution in [3.8, 4) is 0 Å². The first-order valence-corrected chi connectivity index (χ1v) is 27.2. The molecule has 10 N–H and O–H groups in total. The summed E-state index contributed by atoms with van der Waals surface area (Å²) in [7, 11) is 0. The number of unbranched alkanes of at least 4 members (excludes halogenated alkanes) is 15. The van der Waals surface area contributed by atoms with Crippen molar-refractivity contribution in [3.05, 3.63) is 6.92 Å². The monoisotopic (exact) mass is 912 g/mol. The maximum absolute atomic E-state index is 12.9. The summed E-state index contributed by atoms with van der Waals surface area (Å²) < 4.78 is 0. The van der Waals surface area contributed by atoms with Gasteiger partial charge in [0, 0.05) is 11.8 Å². The van der Waals surface area contributed by atoms with Crippen LogP contribution in [0.1, 0.15) is 206 Å². The number of fused-ring (bicyclic) bond motifs is 20. The van der Waals surface area contributed by atoms with E-state index in [1.165, 1.54) is 173 Å². The molecule has 0 aromatic rings. The van der Waals surface area contributed by atoms with Crippen molar-refractivity contribution in [2.45, 2.75) is 255 Å². The maximum Gasteiger partial charge on any atom is 1.00 e. The van der Waals surface area contributed by atoms with Gasteiger partial charge in [-0.1, -0.05) is 148 Å². The fourth-order valence-electron chi connectivity index (χ4n) is 14.9. The predicted molar refractivity (Wildman–Crippen MR) is 250 cm³/mol. The van der Waals surface area contributed by atoms with Crippen LogP contribution in [-0.2, 0) is 21.9 Å². The third-order valence-corrected chi connectivity index (χ3v) is 18.1. The summed E-state index contributed by atoms with van der Waals surface area (Å²) in [6, 6.07) is 0. The summed E-state index contributed by atoms with van der Waals surface area (Å²) in [4.78, 5) is 12.9. The van der Waals surface area contributed by atoms with Gasteiger partial charge in [-0.15, -0.1) is 0 Å². The van der Waals surface area contributed by atoms with Crippen LogP contribution >= 0.6 is 0 Å². The number of primary amides is 1. The Kier molecular flexibility index (Phi) is 20.1. The summed E-state index contributed by atoms with van der Waals surface area (Å²) in [5.74, 6) is 4.41. The largest absolute Gasteiger partial charge is 1.00 e. The molecule has 9 rings (SSSR count). The SMILES string of the molecule is NC(=O)C1CCCC2C3NC4NC(NC5NC(NC6NC(NC(N3)C12)C1CCCCC61)C1CCCCC51)C1CCCCC41.[CH2-]CCCCCCCCCCCCCCCCC.[Cu+]. The number of rotatable bonds is 16. The average Bonchev–Trinajstić information content (AvgIpc) is 4.02. The molecule has 0 aromatic heterocycles. The van der Waals surface area contributed by atoms with Crippen molar-refractivity contribution < 1.29 is 21.9 Å². The number of carbonyl (C=O) groups is 1. The molecular formula is C51H94CuN9O. The Labute approximate surface area is 389 Å². The van der Waals surface area contributed by atoms with Crippen LogP contribution in [0.5, 0.6) is 0 Å². The molecule has 0 aromatic carbocycles. The van der Waals surface area contributed by atoms with Gasteiger partial charge in [0.15, 0.2) is 0 Å². The molecule has 1 amide bonds. The Hall–Kier alpha value is -0.331. The summed E-state index contributed by atoms with van der Waals surface area (Å²) in [6.45, 7) is 6.18. The second kappa shape index (κ2) is 25.2. The molecule has 8 bridgehead atoms. The van der Waals surface area contributed by atoms with E-state index in [-0.39, 0.29) is 59.5 Å². The van der Waals surface area contributed by atoms with Crippen molar-refractivity contribution in [1.29, 1.82) is 0 Å². The molecule has 62 heavy (non-hydrogen) atoms. The molecule has 17 unspecified atom stereocenters. The normalized spacial score (nSPS) is 42.1. The fourth-order valence-corrected chi connectivity index (χ4v) is 14.9. The van der Waals surface area contributed by atoms with Crippen LogP contribution in [0, 0.1) is 60.2 Å². The number of nitrogens with two attached hydrogens (primary N) is 1. The number of amides is 1. The second-order valence-electron chi connectivity index (χ2n) is 22.0. The summed E-state index contributed by atoms with van der Waals surface area (Å²) in [6.07, 6.45) is 44.1. The van der Waals surface area contributed by atoms with Gasteiger partial charge in [-0.05, 0) is 92.8 Å². The fraction of sp³-hybridized carbons (Fsp3) is 0.961. The summed E-state index contributed by atoms with van der Waals surface area (Å²) >= 11 is 0. The van der Waals surface area contributed by atoms with Crippen LogP contribution in [0.3, 0.4) is 0 Å². The van der Waals surface area contributed by atoms with Crippen molar-refractivity contribution in [1.82, 2.24) is 42.5 Å². The van der Waals surface area contributed by atoms with Gasteiger partial charge in [0.25, 0.3) is 0 Å². The van der Waals surface area contributed by atoms with E-state index in [0.717, 1.165) is 25.7 Å². The molecule has 9 aliphatic rings. The van der Waals surface area contributed by atoms with Gasteiger partial charge < -0.3 is 12.7 Å². The first kappa shape index (κ1) is 49.6. The molecule has 0 radical (unpaired) electrons. The molecule has 11 heteroatoms. The topological polar surface area (TPSA) is 139 Å². The Morgan fingerprint density at radius 3 is 0.984 bits per heavy atom. The van der Waals surface area contributed by atoms with Crippen molar-refractivity contribution in [3.63, 3.8) is 0 Å². The zero-order chi connectivity index (χ0) is 42.0. The molecule has 0 spiro atoms. The third-order valence-electron chi connectivity index (χ3n) is 18.1. The molecule has 5 saturated heterocycles. The van der Waals surface area contributed by atoms with Crippen molar-refractivity contribution >= 4 is 5.91 Å². The first-order valence-electron chi connectivity index (χ1n) is 27.2. The molecule has 5 heterocycles. The van der Waals surface area contributed by atoms with Gasteiger partial charge in [-0.3, -0.25) is 47.3 Å². The van der Waals surface area contributed by atoms with Crippen LogP contribution < -0.4 is 48.3 Å². The number of hydrogen-bond acceptors (Lipinski definition) is 9. The van der Waals surface area contributed by atoms with Gasteiger partial charge in [0.2, 0.25) is 5.91 Å². The molecule has 4 aliphatic carbocycles. The number of hydrogen-bond donors (Lipinski definition) is 9. The van der Waals surface area contributed by atoms with E-state index in [1.807, 2.05) is 0 Å². The zero-order valence-electron chi connectivity index (χ0n) is 39.2. The molecular weight excluding hydrogens is 818 g/mol. The average molecular weight is 913 g/mol. The quantitative estimate of drug-likeness (QED) is 0.0425. The molecule has 17 atom stereocenters. The molecule has 4 saturated carbocycles. The van der Waals surface area contributed by atoms with Crippen molar-refractivity contribution in [2.75, 3.05) is 0 Å². The third kappa shape index (κ3) is 12.2. The molecule has 5 aliphatic heterocycles. The minimum absolute atomic E-state index is 0. The van der Waals surface area contributed by atoms with E-state index in [0.29, 0.717) is 66.1 Å². The van der Waals surface area contributed by atoms with Crippen LogP contribution in [-0.4, -0.2) is 55.2 Å². The number of nitrogens with one attached hydrogen (secondary N) is 8. The maximum atomic E-state index is 12.9. The van der Waals surface area contributed by atoms with Crippen LogP contribution in [0.15, 0.2) is 0 Å². The van der Waals surface area contributed by atoms with E-state index < -0.39 is 0 Å². The van der Waals surface area contributed by atoms with Gasteiger partial charge in [0.1, 0.15) is 0 Å². The summed E-state index contributed by atoms with van der Waals surface area (Å²) in [5.41, 5.74) is 6.12. The minimum atomic E-state index is -0.107. The standard InChI is InChI=1S/C33H57N9O.C18H37.Cu/c34-25(43)22-14-7-15-23-24(22)33-41-31-21-13-6-5-12-20(21)29(39-31)37-27-17-9-2-1-8-16(17)26(35-27)36-28-18-10-3-4-11-19(18)30(38-28)40-32(23)42-33;1-3-5-7-9-11-13-15-17-18-16-14-12-10-8-6-4-2;/h16-24,26-33,35-42H,1-15H2,(H2,34,43);1,3-18H2,2H3;/q;-1;+1. The Morgan fingerprint density at radius 1 is 0.403 bits per heavy atom. The van der Waals surface area contributed by atoms with E-state index in [2.05, 4.69) is 56.4 Å². The van der Waals surface area contributed by atoms with Gasteiger partial charge in [-0.25, -0.2) is 0 Å².